The molecule has 0 aliphatic carbocycles. The summed E-state index contributed by atoms with van der Waals surface area (Å²) in [7, 11) is 0. The Kier molecular flexibility index (Phi) is 7.07. The van der Waals surface area contributed by atoms with Crippen molar-refractivity contribution in [3.63, 3.8) is 0 Å². The van der Waals surface area contributed by atoms with E-state index in [1.54, 1.807) is 0 Å². The van der Waals surface area contributed by atoms with E-state index in [-0.39, 0.29) is 6.54 Å². The average molecular weight is 412 g/mol. The minimum atomic E-state index is -1.84. The number of aliphatic hydroxyl groups excluding tert-OH is 2. The molecule has 160 valence electrons. The standard InChI is InChI=1S/C23H28N2O5/c1-15(2)14-30-19-9-7-16(8-10-19)11-24-22(28)20(26)21(27)23(29)25-12-17-5-3-4-6-18(17)13-25/h3-10,15,20-21,26-27H,11-14H2,1-2H3,(H,24,28)/t20-,21-/m1/s1. The van der Waals surface area contributed by atoms with E-state index in [0.29, 0.717) is 25.6 Å². The maximum Gasteiger partial charge on any atom is 0.255 e. The lowest BCUT2D eigenvalue weighted by molar-refractivity contribution is -0.153. The van der Waals surface area contributed by atoms with Crippen molar-refractivity contribution >= 4 is 11.8 Å². The molecule has 0 saturated carbocycles. The molecular weight excluding hydrogens is 384 g/mol. The molecule has 3 N–H and O–H groups in total. The van der Waals surface area contributed by atoms with Gasteiger partial charge in [-0.05, 0) is 34.7 Å². The van der Waals surface area contributed by atoms with Gasteiger partial charge in [0.25, 0.3) is 11.8 Å². The predicted molar refractivity (Wildman–Crippen MR) is 111 cm³/mol. The van der Waals surface area contributed by atoms with Crippen LogP contribution in [0.1, 0.15) is 30.5 Å². The van der Waals surface area contributed by atoms with Crippen molar-refractivity contribution in [2.45, 2.75) is 45.7 Å². The molecule has 2 amide bonds. The fraction of sp³-hybridized carbons (Fsp3) is 0.391. The summed E-state index contributed by atoms with van der Waals surface area (Å²) in [5.41, 5.74) is 2.80. The van der Waals surface area contributed by atoms with E-state index >= 15 is 0 Å². The highest BCUT2D eigenvalue weighted by molar-refractivity contribution is 5.90. The minimum Gasteiger partial charge on any atom is -0.493 e. The number of ether oxygens (including phenoxy) is 1. The largest absolute Gasteiger partial charge is 0.493 e. The number of aliphatic hydroxyl groups is 2. The van der Waals surface area contributed by atoms with Crippen LogP contribution >= 0.6 is 0 Å². The lowest BCUT2D eigenvalue weighted by atomic mass is 10.1. The lowest BCUT2D eigenvalue weighted by Gasteiger charge is -2.22. The molecule has 1 aliphatic rings. The summed E-state index contributed by atoms with van der Waals surface area (Å²) >= 11 is 0. The van der Waals surface area contributed by atoms with Crippen molar-refractivity contribution in [2.75, 3.05) is 6.61 Å². The van der Waals surface area contributed by atoms with E-state index < -0.39 is 24.0 Å². The van der Waals surface area contributed by atoms with Crippen LogP contribution in [-0.4, -0.2) is 45.7 Å². The Hall–Kier alpha value is -2.90. The fourth-order valence-electron chi connectivity index (χ4n) is 3.21. The van der Waals surface area contributed by atoms with Crippen molar-refractivity contribution in [3.8, 4) is 5.75 Å². The van der Waals surface area contributed by atoms with Crippen LogP contribution in [0, 0.1) is 5.92 Å². The fourth-order valence-corrected chi connectivity index (χ4v) is 3.21. The molecule has 2 aromatic rings. The highest BCUT2D eigenvalue weighted by Gasteiger charge is 2.35. The van der Waals surface area contributed by atoms with Gasteiger partial charge in [0.05, 0.1) is 6.61 Å². The van der Waals surface area contributed by atoms with Crippen LogP contribution in [0.4, 0.5) is 0 Å². The number of amides is 2. The summed E-state index contributed by atoms with van der Waals surface area (Å²) in [5, 5.41) is 22.9. The third-order valence-electron chi connectivity index (χ3n) is 4.95. The number of nitrogens with zero attached hydrogens (tertiary/aromatic N) is 1. The van der Waals surface area contributed by atoms with Gasteiger partial charge in [-0.2, -0.15) is 0 Å². The number of fused-ring (bicyclic) bond motifs is 1. The van der Waals surface area contributed by atoms with E-state index in [0.717, 1.165) is 22.4 Å². The molecule has 0 spiro atoms. The van der Waals surface area contributed by atoms with Crippen molar-refractivity contribution in [1.29, 1.82) is 0 Å². The molecule has 0 radical (unpaired) electrons. The summed E-state index contributed by atoms with van der Waals surface area (Å²) in [6, 6.07) is 14.8. The first-order valence-corrected chi connectivity index (χ1v) is 10.1. The lowest BCUT2D eigenvalue weighted by Crippen LogP contribution is -2.49. The topological polar surface area (TPSA) is 99.1 Å². The molecule has 7 heteroatoms. The molecule has 3 rings (SSSR count). The van der Waals surface area contributed by atoms with Gasteiger partial charge in [0, 0.05) is 19.6 Å². The maximum atomic E-state index is 12.5. The van der Waals surface area contributed by atoms with Crippen LogP contribution in [0.15, 0.2) is 48.5 Å². The molecule has 0 bridgehead atoms. The zero-order valence-electron chi connectivity index (χ0n) is 17.2. The van der Waals surface area contributed by atoms with Gasteiger partial charge in [-0.1, -0.05) is 50.2 Å². The summed E-state index contributed by atoms with van der Waals surface area (Å²) in [5.74, 6) is -0.297. The minimum absolute atomic E-state index is 0.163. The number of benzene rings is 2. The molecular formula is C23H28N2O5. The quantitative estimate of drug-likeness (QED) is 0.612. The number of carbonyl (C=O) groups excluding carboxylic acids is 2. The Morgan fingerprint density at radius 1 is 1.00 bits per heavy atom. The normalized spacial score (nSPS) is 14.9. The monoisotopic (exact) mass is 412 g/mol. The van der Waals surface area contributed by atoms with Gasteiger partial charge in [-0.15, -0.1) is 0 Å². The van der Waals surface area contributed by atoms with Gasteiger partial charge in [-0.3, -0.25) is 9.59 Å². The zero-order valence-corrected chi connectivity index (χ0v) is 17.2. The third-order valence-corrected chi connectivity index (χ3v) is 4.95. The van der Waals surface area contributed by atoms with Crippen LogP contribution in [0.3, 0.4) is 0 Å². The number of hydrogen-bond acceptors (Lipinski definition) is 5. The van der Waals surface area contributed by atoms with Gasteiger partial charge in [0.2, 0.25) is 0 Å². The first-order chi connectivity index (χ1) is 14.3. The van der Waals surface area contributed by atoms with Crippen molar-refractivity contribution < 1.29 is 24.5 Å². The van der Waals surface area contributed by atoms with Crippen molar-refractivity contribution in [2.24, 2.45) is 5.92 Å². The number of rotatable bonds is 8. The molecule has 30 heavy (non-hydrogen) atoms. The Balaban J connectivity index is 1.48. The van der Waals surface area contributed by atoms with E-state index in [4.69, 9.17) is 4.74 Å². The maximum absolute atomic E-state index is 12.5. The Bertz CT molecular complexity index is 856. The van der Waals surface area contributed by atoms with Gasteiger partial charge in [-0.25, -0.2) is 0 Å². The van der Waals surface area contributed by atoms with Crippen LogP contribution < -0.4 is 10.1 Å². The molecule has 0 fully saturated rings. The van der Waals surface area contributed by atoms with E-state index in [2.05, 4.69) is 19.2 Å². The van der Waals surface area contributed by atoms with E-state index in [1.165, 1.54) is 4.90 Å². The third kappa shape index (κ3) is 5.37. The second-order valence-corrected chi connectivity index (χ2v) is 7.92. The molecule has 7 nitrogen and oxygen atoms in total. The van der Waals surface area contributed by atoms with Gasteiger partial charge in [0.15, 0.2) is 12.2 Å². The van der Waals surface area contributed by atoms with Crippen molar-refractivity contribution in [3.05, 3.63) is 65.2 Å². The second kappa shape index (κ2) is 9.73. The highest BCUT2D eigenvalue weighted by Crippen LogP contribution is 2.23. The Labute approximate surface area is 176 Å². The predicted octanol–water partition coefficient (Wildman–Crippen LogP) is 1.60. The van der Waals surface area contributed by atoms with Gasteiger partial charge >= 0.3 is 0 Å². The molecule has 0 unspecified atom stereocenters. The Morgan fingerprint density at radius 2 is 1.60 bits per heavy atom. The summed E-state index contributed by atoms with van der Waals surface area (Å²) in [4.78, 5) is 26.2. The van der Waals surface area contributed by atoms with E-state index in [9.17, 15) is 19.8 Å². The van der Waals surface area contributed by atoms with Gasteiger partial charge < -0.3 is 25.2 Å². The first-order valence-electron chi connectivity index (χ1n) is 10.1. The first kappa shape index (κ1) is 21.8. The molecule has 1 aliphatic heterocycles. The summed E-state index contributed by atoms with van der Waals surface area (Å²) in [6.45, 7) is 5.62. The molecule has 2 aromatic carbocycles. The molecule has 0 aromatic heterocycles. The number of nitrogens with one attached hydrogen (secondary N) is 1. The Morgan fingerprint density at radius 3 is 2.17 bits per heavy atom. The van der Waals surface area contributed by atoms with Crippen molar-refractivity contribution in [1.82, 2.24) is 10.2 Å². The van der Waals surface area contributed by atoms with E-state index in [1.807, 2.05) is 48.5 Å². The number of hydrogen-bond donors (Lipinski definition) is 3. The molecule has 1 heterocycles. The van der Waals surface area contributed by atoms with Crippen LogP contribution in [-0.2, 0) is 29.2 Å². The van der Waals surface area contributed by atoms with Gasteiger partial charge in [0.1, 0.15) is 5.75 Å². The molecule has 2 atom stereocenters. The summed E-state index contributed by atoms with van der Waals surface area (Å²) < 4.78 is 5.61. The highest BCUT2D eigenvalue weighted by atomic mass is 16.5. The van der Waals surface area contributed by atoms with Crippen LogP contribution in [0.2, 0.25) is 0 Å². The summed E-state index contributed by atoms with van der Waals surface area (Å²) in [6.07, 6.45) is -3.65. The molecule has 0 saturated heterocycles. The van der Waals surface area contributed by atoms with Crippen LogP contribution in [0.5, 0.6) is 5.75 Å². The SMILES string of the molecule is CC(C)COc1ccc(CNC(=O)[C@H](O)[C@@H](O)C(=O)N2Cc3ccccc3C2)cc1. The zero-order chi connectivity index (χ0) is 21.7. The number of carbonyl (C=O) groups is 2. The average Bonchev–Trinajstić information content (AvgIpc) is 3.19. The smallest absolute Gasteiger partial charge is 0.255 e. The van der Waals surface area contributed by atoms with Crippen LogP contribution in [0.25, 0.3) is 0 Å². The second-order valence-electron chi connectivity index (χ2n) is 7.92.